The maximum Gasteiger partial charge on any atom is 0.307 e. The molecule has 1 aromatic carbocycles. The summed E-state index contributed by atoms with van der Waals surface area (Å²) in [6.07, 6.45) is 1.99. The summed E-state index contributed by atoms with van der Waals surface area (Å²) < 4.78 is 5.45. The van der Waals surface area contributed by atoms with Crippen LogP contribution in [0.4, 0.5) is 0 Å². The highest BCUT2D eigenvalue weighted by atomic mass is 16.5. The zero-order valence-corrected chi connectivity index (χ0v) is 7.82. The van der Waals surface area contributed by atoms with Gasteiger partial charge in [-0.25, -0.2) is 0 Å². The Morgan fingerprint density at radius 1 is 1.50 bits per heavy atom. The molecule has 1 aliphatic rings. The standard InChI is InChI=1S/C11H12O3/c12-11(13)7-8-3-1-5-10-9(8)4-2-6-14-10/h1,3,5H,2,4,6-7H2,(H,12,13). The number of ether oxygens (including phenoxy) is 1. The number of hydrogen-bond acceptors (Lipinski definition) is 2. The fourth-order valence-corrected chi connectivity index (χ4v) is 1.79. The second-order valence-corrected chi connectivity index (χ2v) is 3.42. The number of carboxylic acids is 1. The minimum Gasteiger partial charge on any atom is -0.493 e. The molecule has 0 unspecified atom stereocenters. The Balaban J connectivity index is 2.35. The molecule has 0 amide bonds. The third-order valence-electron chi connectivity index (χ3n) is 2.40. The van der Waals surface area contributed by atoms with Crippen molar-refractivity contribution in [3.63, 3.8) is 0 Å². The van der Waals surface area contributed by atoms with Gasteiger partial charge in [0.1, 0.15) is 5.75 Å². The lowest BCUT2D eigenvalue weighted by atomic mass is 9.98. The van der Waals surface area contributed by atoms with E-state index in [1.807, 2.05) is 18.2 Å². The first-order chi connectivity index (χ1) is 6.77. The van der Waals surface area contributed by atoms with Crippen LogP contribution >= 0.6 is 0 Å². The number of carboxylic acid groups (broad SMARTS) is 1. The molecule has 74 valence electrons. The molecule has 0 radical (unpaired) electrons. The van der Waals surface area contributed by atoms with Crippen LogP contribution in [0.2, 0.25) is 0 Å². The van der Waals surface area contributed by atoms with Crippen molar-refractivity contribution in [1.29, 1.82) is 0 Å². The van der Waals surface area contributed by atoms with E-state index in [9.17, 15) is 4.79 Å². The third kappa shape index (κ3) is 1.71. The second kappa shape index (κ2) is 3.70. The van der Waals surface area contributed by atoms with Gasteiger partial charge in [-0.3, -0.25) is 4.79 Å². The van der Waals surface area contributed by atoms with Crippen LogP contribution in [0.3, 0.4) is 0 Å². The van der Waals surface area contributed by atoms with Crippen molar-refractivity contribution < 1.29 is 14.6 Å². The van der Waals surface area contributed by atoms with Gasteiger partial charge in [-0.1, -0.05) is 12.1 Å². The molecule has 3 heteroatoms. The Hall–Kier alpha value is -1.51. The van der Waals surface area contributed by atoms with Gasteiger partial charge >= 0.3 is 5.97 Å². The van der Waals surface area contributed by atoms with E-state index in [0.29, 0.717) is 0 Å². The van der Waals surface area contributed by atoms with E-state index in [-0.39, 0.29) is 6.42 Å². The molecule has 1 aliphatic heterocycles. The number of benzene rings is 1. The van der Waals surface area contributed by atoms with E-state index >= 15 is 0 Å². The number of fused-ring (bicyclic) bond motifs is 1. The van der Waals surface area contributed by atoms with Gasteiger partial charge in [0.2, 0.25) is 0 Å². The largest absolute Gasteiger partial charge is 0.493 e. The first kappa shape index (κ1) is 9.06. The summed E-state index contributed by atoms with van der Waals surface area (Å²) in [6.45, 7) is 0.740. The maximum absolute atomic E-state index is 10.6. The maximum atomic E-state index is 10.6. The van der Waals surface area contributed by atoms with E-state index in [4.69, 9.17) is 9.84 Å². The molecular formula is C11H12O3. The predicted molar refractivity (Wildman–Crippen MR) is 51.6 cm³/mol. The van der Waals surface area contributed by atoms with Gasteiger partial charge in [0.15, 0.2) is 0 Å². The molecule has 0 aliphatic carbocycles. The summed E-state index contributed by atoms with van der Waals surface area (Å²) in [4.78, 5) is 10.6. The van der Waals surface area contributed by atoms with Crippen molar-refractivity contribution >= 4 is 5.97 Å². The first-order valence-corrected chi connectivity index (χ1v) is 4.73. The van der Waals surface area contributed by atoms with Crippen LogP contribution in [0.25, 0.3) is 0 Å². The molecule has 0 bridgehead atoms. The van der Waals surface area contributed by atoms with Crippen LogP contribution in [0.15, 0.2) is 18.2 Å². The predicted octanol–water partition coefficient (Wildman–Crippen LogP) is 1.64. The van der Waals surface area contributed by atoms with E-state index < -0.39 is 5.97 Å². The quantitative estimate of drug-likeness (QED) is 0.774. The van der Waals surface area contributed by atoms with E-state index in [1.54, 1.807) is 0 Å². The molecular weight excluding hydrogens is 180 g/mol. The Kier molecular flexibility index (Phi) is 2.39. The topological polar surface area (TPSA) is 46.5 Å². The van der Waals surface area contributed by atoms with Crippen molar-refractivity contribution in [3.8, 4) is 5.75 Å². The molecule has 1 N–H and O–H groups in total. The molecule has 0 aromatic heterocycles. The Labute approximate surface area is 82.3 Å². The minimum absolute atomic E-state index is 0.0898. The smallest absolute Gasteiger partial charge is 0.307 e. The molecule has 1 heterocycles. The molecule has 0 atom stereocenters. The zero-order valence-electron chi connectivity index (χ0n) is 7.82. The molecule has 3 nitrogen and oxygen atoms in total. The van der Waals surface area contributed by atoms with Crippen LogP contribution in [-0.4, -0.2) is 17.7 Å². The summed E-state index contributed by atoms with van der Waals surface area (Å²) in [6, 6.07) is 5.61. The van der Waals surface area contributed by atoms with Crippen LogP contribution in [0, 0.1) is 0 Å². The van der Waals surface area contributed by atoms with Gasteiger partial charge in [0, 0.05) is 0 Å². The summed E-state index contributed by atoms with van der Waals surface area (Å²) in [5, 5.41) is 8.73. The Morgan fingerprint density at radius 2 is 2.36 bits per heavy atom. The van der Waals surface area contributed by atoms with Crippen molar-refractivity contribution in [2.75, 3.05) is 6.61 Å². The fraction of sp³-hybridized carbons (Fsp3) is 0.364. The van der Waals surface area contributed by atoms with Crippen LogP contribution in [0.5, 0.6) is 5.75 Å². The lowest BCUT2D eigenvalue weighted by Gasteiger charge is -2.19. The third-order valence-corrected chi connectivity index (χ3v) is 2.40. The monoisotopic (exact) mass is 192 g/mol. The first-order valence-electron chi connectivity index (χ1n) is 4.73. The summed E-state index contributed by atoms with van der Waals surface area (Å²) in [7, 11) is 0. The molecule has 0 fully saturated rings. The van der Waals surface area contributed by atoms with E-state index in [2.05, 4.69) is 0 Å². The van der Waals surface area contributed by atoms with Gasteiger partial charge in [-0.05, 0) is 30.0 Å². The average Bonchev–Trinajstić information content (AvgIpc) is 2.18. The van der Waals surface area contributed by atoms with E-state index in [1.165, 1.54) is 0 Å². The summed E-state index contributed by atoms with van der Waals surface area (Å²) in [5.41, 5.74) is 1.95. The van der Waals surface area contributed by atoms with Gasteiger partial charge in [0.25, 0.3) is 0 Å². The van der Waals surface area contributed by atoms with Crippen LogP contribution in [-0.2, 0) is 17.6 Å². The van der Waals surface area contributed by atoms with Crippen molar-refractivity contribution in [3.05, 3.63) is 29.3 Å². The molecule has 0 spiro atoms. The molecule has 0 saturated carbocycles. The fourth-order valence-electron chi connectivity index (χ4n) is 1.79. The van der Waals surface area contributed by atoms with Crippen molar-refractivity contribution in [1.82, 2.24) is 0 Å². The number of hydrogen-bond donors (Lipinski definition) is 1. The lowest BCUT2D eigenvalue weighted by Crippen LogP contribution is -2.12. The SMILES string of the molecule is O=C(O)Cc1cccc2c1CCCO2. The number of rotatable bonds is 2. The second-order valence-electron chi connectivity index (χ2n) is 3.42. The summed E-state index contributed by atoms with van der Waals surface area (Å²) >= 11 is 0. The highest BCUT2D eigenvalue weighted by Crippen LogP contribution is 2.27. The molecule has 14 heavy (non-hydrogen) atoms. The number of aliphatic carboxylic acids is 1. The number of carbonyl (C=O) groups is 1. The lowest BCUT2D eigenvalue weighted by molar-refractivity contribution is -0.136. The van der Waals surface area contributed by atoms with Crippen molar-refractivity contribution in [2.24, 2.45) is 0 Å². The highest BCUT2D eigenvalue weighted by Gasteiger charge is 2.15. The van der Waals surface area contributed by atoms with Gasteiger partial charge < -0.3 is 9.84 Å². The molecule has 0 saturated heterocycles. The Bertz CT molecular complexity index is 358. The van der Waals surface area contributed by atoms with Crippen LogP contribution in [0.1, 0.15) is 17.5 Å². The van der Waals surface area contributed by atoms with Crippen molar-refractivity contribution in [2.45, 2.75) is 19.3 Å². The van der Waals surface area contributed by atoms with E-state index in [0.717, 1.165) is 36.3 Å². The summed E-state index contributed by atoms with van der Waals surface area (Å²) in [5.74, 6) is 0.0685. The highest BCUT2D eigenvalue weighted by molar-refractivity contribution is 5.71. The normalized spacial score (nSPS) is 14.3. The average molecular weight is 192 g/mol. The molecule has 1 aromatic rings. The van der Waals surface area contributed by atoms with Gasteiger partial charge in [-0.2, -0.15) is 0 Å². The Morgan fingerprint density at radius 3 is 3.14 bits per heavy atom. The van der Waals surface area contributed by atoms with Gasteiger partial charge in [-0.15, -0.1) is 0 Å². The zero-order chi connectivity index (χ0) is 9.97. The minimum atomic E-state index is -0.788. The molecule has 2 rings (SSSR count). The van der Waals surface area contributed by atoms with Gasteiger partial charge in [0.05, 0.1) is 13.0 Å². The van der Waals surface area contributed by atoms with Crippen LogP contribution < -0.4 is 4.74 Å².